The summed E-state index contributed by atoms with van der Waals surface area (Å²) < 4.78 is 0. The number of hydrogen-bond donors (Lipinski definition) is 2. The van der Waals surface area contributed by atoms with Gasteiger partial charge in [0, 0.05) is 53.8 Å². The summed E-state index contributed by atoms with van der Waals surface area (Å²) in [5.41, 5.74) is 5.08. The van der Waals surface area contributed by atoms with Crippen LogP contribution in [0.5, 0.6) is 0 Å². The van der Waals surface area contributed by atoms with E-state index >= 15 is 0 Å². The monoisotopic (exact) mass is 482 g/mol. The van der Waals surface area contributed by atoms with Crippen molar-refractivity contribution in [3.05, 3.63) is 95.5 Å². The smallest absolute Gasteiger partial charge is 0.307 e. The molecule has 0 bridgehead atoms. The summed E-state index contributed by atoms with van der Waals surface area (Å²) in [5, 5.41) is 13.2. The number of hydrogen-bond acceptors (Lipinski definition) is 5. The zero-order valence-corrected chi connectivity index (χ0v) is 20.4. The second-order valence-electron chi connectivity index (χ2n) is 8.92. The zero-order valence-electron chi connectivity index (χ0n) is 20.4. The van der Waals surface area contributed by atoms with Crippen molar-refractivity contribution in [2.24, 2.45) is 4.99 Å². The molecule has 0 radical (unpaired) electrons. The SMILES string of the molecule is C=C(Cc1ccc(NC(=O)c2ccc3ccccc3n2)cc1)N=C/C(CC(=O)O)=C(\C)N1CCCC1. The molecular weight excluding hydrogens is 452 g/mol. The Morgan fingerprint density at radius 2 is 1.81 bits per heavy atom. The lowest BCUT2D eigenvalue weighted by Crippen LogP contribution is -2.19. The van der Waals surface area contributed by atoms with Crippen LogP contribution < -0.4 is 5.32 Å². The minimum Gasteiger partial charge on any atom is -0.481 e. The molecule has 0 atom stereocenters. The van der Waals surface area contributed by atoms with E-state index < -0.39 is 5.97 Å². The number of amides is 1. The molecule has 184 valence electrons. The van der Waals surface area contributed by atoms with Crippen molar-refractivity contribution in [1.29, 1.82) is 0 Å². The molecule has 0 unspecified atom stereocenters. The number of carbonyl (C=O) groups is 2. The highest BCUT2D eigenvalue weighted by Gasteiger charge is 2.16. The van der Waals surface area contributed by atoms with Crippen LogP contribution in [0.15, 0.2) is 89.2 Å². The van der Waals surface area contributed by atoms with E-state index in [4.69, 9.17) is 0 Å². The van der Waals surface area contributed by atoms with Gasteiger partial charge in [0.1, 0.15) is 5.69 Å². The Labute approximate surface area is 210 Å². The lowest BCUT2D eigenvalue weighted by Gasteiger charge is -2.20. The normalized spacial score (nSPS) is 14.2. The minimum atomic E-state index is -0.878. The van der Waals surface area contributed by atoms with Crippen LogP contribution in [-0.4, -0.2) is 46.2 Å². The fourth-order valence-corrected chi connectivity index (χ4v) is 4.23. The molecule has 2 heterocycles. The summed E-state index contributed by atoms with van der Waals surface area (Å²) in [6.45, 7) is 7.89. The van der Waals surface area contributed by atoms with E-state index in [0.29, 0.717) is 29.1 Å². The molecule has 1 aromatic heterocycles. The average Bonchev–Trinajstić information content (AvgIpc) is 3.42. The molecule has 1 aliphatic rings. The molecule has 2 N–H and O–H groups in total. The first-order valence-corrected chi connectivity index (χ1v) is 12.0. The molecule has 7 nitrogen and oxygen atoms in total. The van der Waals surface area contributed by atoms with Crippen molar-refractivity contribution < 1.29 is 14.7 Å². The largest absolute Gasteiger partial charge is 0.481 e. The lowest BCUT2D eigenvalue weighted by molar-refractivity contribution is -0.136. The van der Waals surface area contributed by atoms with Crippen molar-refractivity contribution in [2.75, 3.05) is 18.4 Å². The number of aliphatic carboxylic acids is 1. The third-order valence-electron chi connectivity index (χ3n) is 6.24. The minimum absolute atomic E-state index is 0.0699. The molecule has 4 rings (SSSR count). The summed E-state index contributed by atoms with van der Waals surface area (Å²) in [7, 11) is 0. The topological polar surface area (TPSA) is 94.9 Å². The van der Waals surface area contributed by atoms with Crippen LogP contribution in [0.3, 0.4) is 0 Å². The third kappa shape index (κ3) is 6.44. The van der Waals surface area contributed by atoms with Gasteiger partial charge in [-0.05, 0) is 49.6 Å². The van der Waals surface area contributed by atoms with Crippen LogP contribution >= 0.6 is 0 Å². The van der Waals surface area contributed by atoms with E-state index in [1.807, 2.05) is 61.5 Å². The molecule has 7 heteroatoms. The number of allylic oxidation sites excluding steroid dienone is 2. The zero-order chi connectivity index (χ0) is 25.5. The standard InChI is InChI=1S/C29H30N4O3/c1-20(30-19-24(18-28(34)35)21(2)33-15-5-6-16-33)17-22-9-12-25(13-10-22)31-29(36)27-14-11-23-7-3-4-8-26(23)32-27/h3-4,7-14,19H,1,5-6,15-18H2,2H3,(H,31,36)(H,34,35)/b24-21+,30-19?. The molecule has 0 aliphatic carbocycles. The number of carboxylic acids is 1. The molecule has 3 aromatic rings. The van der Waals surface area contributed by atoms with Crippen LogP contribution in [0.1, 0.15) is 42.2 Å². The maximum Gasteiger partial charge on any atom is 0.307 e. The summed E-state index contributed by atoms with van der Waals surface area (Å²) in [6.07, 6.45) is 4.32. The average molecular weight is 483 g/mol. The fraction of sp³-hybridized carbons (Fsp3) is 0.241. The number of benzene rings is 2. The number of fused-ring (bicyclic) bond motifs is 1. The molecule has 1 amide bonds. The molecule has 2 aromatic carbocycles. The number of pyridine rings is 1. The number of aromatic nitrogens is 1. The van der Waals surface area contributed by atoms with Gasteiger partial charge in [-0.15, -0.1) is 0 Å². The number of carbonyl (C=O) groups excluding carboxylic acids is 1. The van der Waals surface area contributed by atoms with Gasteiger partial charge in [-0.1, -0.05) is 43.0 Å². The van der Waals surface area contributed by atoms with Crippen molar-refractivity contribution in [3.8, 4) is 0 Å². The van der Waals surface area contributed by atoms with E-state index in [9.17, 15) is 14.7 Å². The van der Waals surface area contributed by atoms with Gasteiger partial charge < -0.3 is 15.3 Å². The predicted octanol–water partition coefficient (Wildman–Crippen LogP) is 5.46. The first-order chi connectivity index (χ1) is 17.4. The Kier molecular flexibility index (Phi) is 7.90. The maximum absolute atomic E-state index is 12.6. The molecule has 1 saturated heterocycles. The molecule has 0 saturated carbocycles. The summed E-state index contributed by atoms with van der Waals surface area (Å²) >= 11 is 0. The van der Waals surface area contributed by atoms with Crippen LogP contribution in [0.25, 0.3) is 10.9 Å². The van der Waals surface area contributed by atoms with Crippen LogP contribution in [0, 0.1) is 0 Å². The molecule has 1 aliphatic heterocycles. The number of anilines is 1. The highest BCUT2D eigenvalue weighted by atomic mass is 16.4. The summed E-state index contributed by atoms with van der Waals surface area (Å²) in [5.74, 6) is -1.15. The number of para-hydroxylation sites is 1. The molecular formula is C29H30N4O3. The molecule has 1 fully saturated rings. The second-order valence-corrected chi connectivity index (χ2v) is 8.92. The third-order valence-corrected chi connectivity index (χ3v) is 6.24. The van der Waals surface area contributed by atoms with Gasteiger partial charge >= 0.3 is 5.97 Å². The van der Waals surface area contributed by atoms with Crippen molar-refractivity contribution in [2.45, 2.75) is 32.6 Å². The van der Waals surface area contributed by atoms with Gasteiger partial charge in [-0.2, -0.15) is 0 Å². The Hall–Kier alpha value is -4.26. The van der Waals surface area contributed by atoms with Gasteiger partial charge in [0.15, 0.2) is 0 Å². The Balaban J connectivity index is 1.37. The number of nitrogens with one attached hydrogen (secondary N) is 1. The van der Waals surface area contributed by atoms with Crippen LogP contribution in [0.2, 0.25) is 0 Å². The lowest BCUT2D eigenvalue weighted by atomic mass is 10.1. The quantitative estimate of drug-likeness (QED) is 0.395. The molecule has 0 spiro atoms. The first kappa shape index (κ1) is 24.9. The predicted molar refractivity (Wildman–Crippen MR) is 143 cm³/mol. The summed E-state index contributed by atoms with van der Waals surface area (Å²) in [4.78, 5) is 35.1. The van der Waals surface area contributed by atoms with E-state index in [0.717, 1.165) is 48.1 Å². The van der Waals surface area contributed by atoms with Crippen LogP contribution in [-0.2, 0) is 11.2 Å². The van der Waals surface area contributed by atoms with Gasteiger partial charge in [0.2, 0.25) is 0 Å². The van der Waals surface area contributed by atoms with Gasteiger partial charge in [-0.3, -0.25) is 14.6 Å². The maximum atomic E-state index is 12.6. The van der Waals surface area contributed by atoms with E-state index in [1.54, 1.807) is 12.3 Å². The summed E-state index contributed by atoms with van der Waals surface area (Å²) in [6, 6.07) is 18.8. The molecule has 36 heavy (non-hydrogen) atoms. The second kappa shape index (κ2) is 11.4. The number of aliphatic imine (C=N–C) groups is 1. The number of nitrogens with zero attached hydrogens (tertiary/aromatic N) is 3. The highest BCUT2D eigenvalue weighted by Crippen LogP contribution is 2.20. The van der Waals surface area contributed by atoms with Crippen molar-refractivity contribution >= 4 is 34.7 Å². The van der Waals surface area contributed by atoms with Crippen molar-refractivity contribution in [3.63, 3.8) is 0 Å². The van der Waals surface area contributed by atoms with Crippen molar-refractivity contribution in [1.82, 2.24) is 9.88 Å². The highest BCUT2D eigenvalue weighted by molar-refractivity contribution is 6.04. The van der Waals surface area contributed by atoms with Gasteiger partial charge in [-0.25, -0.2) is 4.98 Å². The van der Waals surface area contributed by atoms with E-state index in [2.05, 4.69) is 26.8 Å². The van der Waals surface area contributed by atoms with Crippen LogP contribution in [0.4, 0.5) is 5.69 Å². The van der Waals surface area contributed by atoms with E-state index in [-0.39, 0.29) is 12.3 Å². The number of rotatable bonds is 9. The Morgan fingerprint density at radius 1 is 1.08 bits per heavy atom. The Morgan fingerprint density at radius 3 is 2.53 bits per heavy atom. The Bertz CT molecular complexity index is 1340. The van der Waals surface area contributed by atoms with Gasteiger partial charge in [0.25, 0.3) is 5.91 Å². The fourth-order valence-electron chi connectivity index (χ4n) is 4.23. The number of likely N-dealkylation sites (tertiary alicyclic amines) is 1. The number of carboxylic acid groups (broad SMARTS) is 1. The van der Waals surface area contributed by atoms with E-state index in [1.165, 1.54) is 0 Å². The first-order valence-electron chi connectivity index (χ1n) is 12.0. The van der Waals surface area contributed by atoms with Gasteiger partial charge in [0.05, 0.1) is 11.9 Å².